The molecule has 1 heterocycles. The fourth-order valence-electron chi connectivity index (χ4n) is 6.34. The summed E-state index contributed by atoms with van der Waals surface area (Å²) in [4.78, 5) is 14.5. The third-order valence-electron chi connectivity index (χ3n) is 8.60. The van der Waals surface area contributed by atoms with Gasteiger partial charge in [0.2, 0.25) is 5.91 Å². The van der Waals surface area contributed by atoms with Crippen molar-refractivity contribution in [2.24, 2.45) is 5.73 Å². The summed E-state index contributed by atoms with van der Waals surface area (Å²) >= 11 is 0. The Hall–Kier alpha value is -3.82. The number of carbonyl (C=O) groups is 1. The van der Waals surface area contributed by atoms with E-state index in [0.717, 1.165) is 69.4 Å². The molecular formula is C35H41N3O3. The number of hydrogen-bond acceptors (Lipinski definition) is 5. The molecule has 1 saturated heterocycles. The summed E-state index contributed by atoms with van der Waals surface area (Å²) in [5, 5.41) is 8.92. The first kappa shape index (κ1) is 28.7. The number of ether oxygens (including phenoxy) is 2. The number of hydrogen-bond donors (Lipinski definition) is 1. The molecule has 0 radical (unpaired) electrons. The molecule has 2 N–H and O–H groups in total. The maximum atomic E-state index is 12.3. The lowest BCUT2D eigenvalue weighted by Gasteiger charge is -2.34. The molecule has 1 aliphatic heterocycles. The van der Waals surface area contributed by atoms with Gasteiger partial charge in [-0.2, -0.15) is 5.26 Å². The van der Waals surface area contributed by atoms with Crippen LogP contribution in [0.4, 0.5) is 0 Å². The minimum atomic E-state index is -0.242. The van der Waals surface area contributed by atoms with Gasteiger partial charge in [0, 0.05) is 24.6 Å². The highest BCUT2D eigenvalue weighted by Crippen LogP contribution is 2.41. The smallest absolute Gasteiger partial charge is 0.234 e. The van der Waals surface area contributed by atoms with E-state index in [2.05, 4.69) is 66.4 Å². The molecule has 3 aromatic rings. The van der Waals surface area contributed by atoms with E-state index < -0.39 is 0 Å². The van der Waals surface area contributed by atoms with Gasteiger partial charge >= 0.3 is 0 Å². The monoisotopic (exact) mass is 551 g/mol. The van der Waals surface area contributed by atoms with E-state index in [1.54, 1.807) is 0 Å². The number of piperidine rings is 1. The van der Waals surface area contributed by atoms with E-state index in [1.165, 1.54) is 38.9 Å². The minimum Gasteiger partial charge on any atom is -0.493 e. The van der Waals surface area contributed by atoms with Crippen molar-refractivity contribution in [1.29, 1.82) is 5.26 Å². The molecule has 5 rings (SSSR count). The van der Waals surface area contributed by atoms with Crippen LogP contribution < -0.4 is 15.2 Å². The molecule has 6 heteroatoms. The van der Waals surface area contributed by atoms with Gasteiger partial charge in [-0.25, -0.2) is 0 Å². The molecular weight excluding hydrogens is 510 g/mol. The average Bonchev–Trinajstić information content (AvgIpc) is 3.49. The highest BCUT2D eigenvalue weighted by atomic mass is 16.5. The number of rotatable bonds is 12. The largest absolute Gasteiger partial charge is 0.493 e. The Bertz CT molecular complexity index is 1400. The third kappa shape index (κ3) is 6.74. The molecule has 6 nitrogen and oxygen atoms in total. The Kier molecular flexibility index (Phi) is 9.59. The van der Waals surface area contributed by atoms with Crippen molar-refractivity contribution in [3.63, 3.8) is 0 Å². The first-order chi connectivity index (χ1) is 20.1. The predicted molar refractivity (Wildman–Crippen MR) is 162 cm³/mol. The van der Waals surface area contributed by atoms with E-state index in [9.17, 15) is 4.79 Å². The Morgan fingerprint density at radius 2 is 1.83 bits per heavy atom. The van der Waals surface area contributed by atoms with Gasteiger partial charge in [0.05, 0.1) is 18.7 Å². The van der Waals surface area contributed by atoms with Gasteiger partial charge < -0.3 is 15.2 Å². The Balaban J connectivity index is 1.43. The second-order valence-electron chi connectivity index (χ2n) is 11.3. The van der Waals surface area contributed by atoms with Gasteiger partial charge in [-0.15, -0.1) is 0 Å². The molecule has 2 aliphatic rings. The first-order valence-electron chi connectivity index (χ1n) is 15.0. The molecule has 3 aromatic carbocycles. The number of carbonyl (C=O) groups excluding carboxylic acids is 1. The van der Waals surface area contributed by atoms with Crippen LogP contribution in [0.3, 0.4) is 0 Å². The van der Waals surface area contributed by atoms with E-state index in [4.69, 9.17) is 20.5 Å². The highest BCUT2D eigenvalue weighted by molar-refractivity contribution is 5.80. The molecule has 1 amide bonds. The second kappa shape index (κ2) is 13.7. The lowest BCUT2D eigenvalue weighted by molar-refractivity contribution is -0.124. The van der Waals surface area contributed by atoms with Crippen molar-refractivity contribution in [1.82, 2.24) is 4.90 Å². The van der Waals surface area contributed by atoms with Gasteiger partial charge in [-0.05, 0) is 91.8 Å². The number of nitrogens with zero attached hydrogens (tertiary/aromatic N) is 2. The summed E-state index contributed by atoms with van der Waals surface area (Å²) in [6.45, 7) is 4.71. The Labute approximate surface area is 244 Å². The van der Waals surface area contributed by atoms with Crippen LogP contribution in [0, 0.1) is 18.3 Å². The molecule has 41 heavy (non-hydrogen) atoms. The molecule has 0 aromatic heterocycles. The lowest BCUT2D eigenvalue weighted by Crippen LogP contribution is -2.47. The van der Waals surface area contributed by atoms with Crippen molar-refractivity contribution in [2.75, 3.05) is 13.2 Å². The minimum absolute atomic E-state index is 0.236. The third-order valence-corrected chi connectivity index (χ3v) is 8.60. The van der Waals surface area contributed by atoms with E-state index in [0.29, 0.717) is 26.2 Å². The molecule has 1 atom stereocenters. The number of nitrogens with two attached hydrogens (primary N) is 1. The normalized spacial score (nSPS) is 16.6. The highest BCUT2D eigenvalue weighted by Gasteiger charge is 2.31. The van der Waals surface area contributed by atoms with Gasteiger partial charge in [0.1, 0.15) is 18.1 Å². The van der Waals surface area contributed by atoms with Crippen LogP contribution in [0.15, 0.2) is 54.6 Å². The summed E-state index contributed by atoms with van der Waals surface area (Å²) in [5.41, 5.74) is 14.4. The van der Waals surface area contributed by atoms with Crippen molar-refractivity contribution < 1.29 is 14.3 Å². The van der Waals surface area contributed by atoms with E-state index in [1.807, 2.05) is 6.07 Å². The Morgan fingerprint density at radius 3 is 2.63 bits per heavy atom. The van der Waals surface area contributed by atoms with Crippen molar-refractivity contribution in [2.45, 2.75) is 83.9 Å². The summed E-state index contributed by atoms with van der Waals surface area (Å²) in [6, 6.07) is 20.9. The zero-order chi connectivity index (χ0) is 28.6. The van der Waals surface area contributed by atoms with Gasteiger partial charge in [0.25, 0.3) is 0 Å². The molecule has 0 spiro atoms. The summed E-state index contributed by atoms with van der Waals surface area (Å²) in [5.74, 6) is 1.48. The summed E-state index contributed by atoms with van der Waals surface area (Å²) < 4.78 is 13.0. The van der Waals surface area contributed by atoms with Gasteiger partial charge in [-0.1, -0.05) is 55.0 Å². The molecule has 214 valence electrons. The van der Waals surface area contributed by atoms with Crippen LogP contribution in [-0.4, -0.2) is 30.0 Å². The quantitative estimate of drug-likeness (QED) is 0.255. The predicted octanol–water partition coefficient (Wildman–Crippen LogP) is 6.64. The lowest BCUT2D eigenvalue weighted by atomic mass is 9.96. The fourth-order valence-corrected chi connectivity index (χ4v) is 6.34. The SMILES string of the molecule is Cc1c(COc2cc(OCCCCC#N)c(CN3CCCCC3C(N)=O)c3c2CCC3)cccc1-c1ccccc1. The van der Waals surface area contributed by atoms with E-state index >= 15 is 0 Å². The van der Waals surface area contributed by atoms with Crippen LogP contribution in [0.1, 0.15) is 72.8 Å². The Morgan fingerprint density at radius 1 is 1.00 bits per heavy atom. The van der Waals surface area contributed by atoms with Crippen LogP contribution in [0.5, 0.6) is 11.5 Å². The number of nitriles is 1. The number of likely N-dealkylation sites (tertiary alicyclic amines) is 1. The van der Waals surface area contributed by atoms with Crippen LogP contribution in [0.25, 0.3) is 11.1 Å². The standard InChI is InChI=1S/C35H41N3O3/c1-25-27(14-10-15-28(25)26-12-4-2-5-13-26)24-41-33-22-34(40-21-9-3-7-19-36)31(29-16-11-17-30(29)33)23-38-20-8-6-18-32(38)35(37)39/h2,4-5,10,12-15,22,32H,3,6-9,11,16-18,20-21,23-24H2,1H3,(H2,37,39). The van der Waals surface area contributed by atoms with Gasteiger partial charge in [0.15, 0.2) is 0 Å². The van der Waals surface area contributed by atoms with Crippen molar-refractivity contribution >= 4 is 5.91 Å². The summed E-state index contributed by atoms with van der Waals surface area (Å²) in [6.07, 6.45) is 8.10. The maximum absolute atomic E-state index is 12.3. The number of unbranched alkanes of at least 4 members (excludes halogenated alkanes) is 2. The molecule has 1 fully saturated rings. The van der Waals surface area contributed by atoms with Crippen LogP contribution >= 0.6 is 0 Å². The second-order valence-corrected chi connectivity index (χ2v) is 11.3. The fraction of sp³-hybridized carbons (Fsp3) is 0.429. The number of fused-ring (bicyclic) bond motifs is 1. The van der Waals surface area contributed by atoms with E-state index in [-0.39, 0.29) is 11.9 Å². The van der Waals surface area contributed by atoms with Crippen LogP contribution in [0.2, 0.25) is 0 Å². The zero-order valence-corrected chi connectivity index (χ0v) is 24.2. The summed E-state index contributed by atoms with van der Waals surface area (Å²) in [7, 11) is 0. The topological polar surface area (TPSA) is 88.6 Å². The molecule has 0 bridgehead atoms. The molecule has 0 saturated carbocycles. The maximum Gasteiger partial charge on any atom is 0.234 e. The molecule has 1 aliphatic carbocycles. The van der Waals surface area contributed by atoms with Crippen molar-refractivity contribution in [3.8, 4) is 28.7 Å². The van der Waals surface area contributed by atoms with Crippen molar-refractivity contribution in [3.05, 3.63) is 82.4 Å². The average molecular weight is 552 g/mol. The number of amides is 1. The number of primary amides is 1. The zero-order valence-electron chi connectivity index (χ0n) is 24.2. The number of benzene rings is 3. The van der Waals surface area contributed by atoms with Crippen LogP contribution in [-0.2, 0) is 30.8 Å². The van der Waals surface area contributed by atoms with Gasteiger partial charge in [-0.3, -0.25) is 9.69 Å². The molecule has 1 unspecified atom stereocenters. The first-order valence-corrected chi connectivity index (χ1v) is 15.0.